The van der Waals surface area contributed by atoms with E-state index in [1.165, 1.54) is 28.0 Å². The Hall–Kier alpha value is -1.57. The van der Waals surface area contributed by atoms with Gasteiger partial charge in [0.1, 0.15) is 6.54 Å². The number of aromatic nitrogens is 1. The quantitative estimate of drug-likeness (QED) is 0.918. The number of nitrogens with zero attached hydrogens (tertiary/aromatic N) is 2. The summed E-state index contributed by atoms with van der Waals surface area (Å²) in [5, 5.41) is 5.68. The van der Waals surface area contributed by atoms with Gasteiger partial charge in [-0.25, -0.2) is 4.98 Å². The summed E-state index contributed by atoms with van der Waals surface area (Å²) in [5.74, 6) is 0.767. The largest absolute Gasteiger partial charge is 0.323 e. The molecule has 22 heavy (non-hydrogen) atoms. The Bertz CT molecular complexity index is 720. The van der Waals surface area contributed by atoms with Gasteiger partial charge in [-0.1, -0.05) is 29.8 Å². The van der Waals surface area contributed by atoms with E-state index in [1.807, 2.05) is 23.6 Å². The Kier molecular flexibility index (Phi) is 4.66. The Morgan fingerprint density at radius 2 is 2.23 bits per heavy atom. The summed E-state index contributed by atoms with van der Waals surface area (Å²) in [6, 6.07) is 7.41. The fourth-order valence-electron chi connectivity index (χ4n) is 2.00. The first-order chi connectivity index (χ1) is 10.6. The smallest absolute Gasteiger partial charge is 0.245 e. The zero-order valence-corrected chi connectivity index (χ0v) is 13.8. The molecule has 1 aliphatic rings. The molecule has 1 fully saturated rings. The van der Waals surface area contributed by atoms with Crippen molar-refractivity contribution in [2.24, 2.45) is 0 Å². The molecule has 114 valence electrons. The Morgan fingerprint density at radius 1 is 1.41 bits per heavy atom. The number of thiazole rings is 1. The second-order valence-electron chi connectivity index (χ2n) is 4.64. The van der Waals surface area contributed by atoms with Gasteiger partial charge >= 0.3 is 0 Å². The van der Waals surface area contributed by atoms with Gasteiger partial charge in [0.2, 0.25) is 11.8 Å². The summed E-state index contributed by atoms with van der Waals surface area (Å²) in [4.78, 5) is 29.3. The standard InChI is InChI=1S/C14H12ClN3O2S2/c15-10-4-2-1-3-9(10)11-6-22-14(16-11)17-12(19)5-18-8-21-7-13(18)20/h1-4,6H,5,7-8H2,(H,16,17,19). The number of anilines is 1. The lowest BCUT2D eigenvalue weighted by atomic mass is 10.2. The van der Waals surface area contributed by atoms with E-state index < -0.39 is 0 Å². The molecule has 0 unspecified atom stereocenters. The molecular formula is C14H12ClN3O2S2. The predicted molar refractivity (Wildman–Crippen MR) is 90.2 cm³/mol. The second-order valence-corrected chi connectivity index (χ2v) is 6.86. The zero-order chi connectivity index (χ0) is 15.5. The molecule has 8 heteroatoms. The van der Waals surface area contributed by atoms with Crippen LogP contribution in [0.5, 0.6) is 0 Å². The normalized spacial score (nSPS) is 14.4. The lowest BCUT2D eigenvalue weighted by Crippen LogP contribution is -2.34. The van der Waals surface area contributed by atoms with Crippen LogP contribution < -0.4 is 5.32 Å². The molecular weight excluding hydrogens is 342 g/mol. The van der Waals surface area contributed by atoms with Crippen LogP contribution in [0.3, 0.4) is 0 Å². The van der Waals surface area contributed by atoms with Crippen LogP contribution in [0.25, 0.3) is 11.3 Å². The Labute approximate surface area is 140 Å². The topological polar surface area (TPSA) is 62.3 Å². The number of hydrogen-bond acceptors (Lipinski definition) is 5. The van der Waals surface area contributed by atoms with E-state index >= 15 is 0 Å². The van der Waals surface area contributed by atoms with Crippen molar-refractivity contribution in [1.82, 2.24) is 9.88 Å². The van der Waals surface area contributed by atoms with Gasteiger partial charge < -0.3 is 10.2 Å². The molecule has 0 bridgehead atoms. The molecule has 1 N–H and O–H groups in total. The minimum absolute atomic E-state index is 0.00366. The first-order valence-electron chi connectivity index (χ1n) is 6.49. The molecule has 0 spiro atoms. The maximum absolute atomic E-state index is 12.0. The Morgan fingerprint density at radius 3 is 2.95 bits per heavy atom. The molecule has 2 aromatic rings. The van der Waals surface area contributed by atoms with E-state index in [4.69, 9.17) is 11.6 Å². The molecule has 3 rings (SSSR count). The van der Waals surface area contributed by atoms with Gasteiger partial charge in [-0.3, -0.25) is 9.59 Å². The van der Waals surface area contributed by atoms with E-state index in [0.717, 1.165) is 11.3 Å². The van der Waals surface area contributed by atoms with Gasteiger partial charge in [-0.05, 0) is 6.07 Å². The highest BCUT2D eigenvalue weighted by Crippen LogP contribution is 2.30. The molecule has 2 amide bonds. The van der Waals surface area contributed by atoms with Gasteiger partial charge in [-0.15, -0.1) is 23.1 Å². The van der Waals surface area contributed by atoms with Crippen molar-refractivity contribution < 1.29 is 9.59 Å². The van der Waals surface area contributed by atoms with Crippen LogP contribution in [0.15, 0.2) is 29.6 Å². The summed E-state index contributed by atoms with van der Waals surface area (Å²) >= 11 is 8.97. The average molecular weight is 354 g/mol. The molecule has 1 aromatic heterocycles. The lowest BCUT2D eigenvalue weighted by molar-refractivity contribution is -0.130. The number of thioether (sulfide) groups is 1. The van der Waals surface area contributed by atoms with Gasteiger partial charge in [-0.2, -0.15) is 0 Å². The number of benzene rings is 1. The van der Waals surface area contributed by atoms with Crippen LogP contribution in [0.4, 0.5) is 5.13 Å². The summed E-state index contributed by atoms with van der Waals surface area (Å²) < 4.78 is 0. The van der Waals surface area contributed by atoms with Crippen molar-refractivity contribution in [1.29, 1.82) is 0 Å². The van der Waals surface area contributed by atoms with Crippen LogP contribution >= 0.6 is 34.7 Å². The molecule has 1 aliphatic heterocycles. The van der Waals surface area contributed by atoms with Crippen molar-refractivity contribution in [3.05, 3.63) is 34.7 Å². The number of carbonyl (C=O) groups is 2. The van der Waals surface area contributed by atoms with Gasteiger partial charge in [0.05, 0.1) is 17.3 Å². The average Bonchev–Trinajstić information content (AvgIpc) is 3.10. The summed E-state index contributed by atoms with van der Waals surface area (Å²) in [6.45, 7) is 0.0623. The highest BCUT2D eigenvalue weighted by atomic mass is 35.5. The highest BCUT2D eigenvalue weighted by Gasteiger charge is 2.23. The highest BCUT2D eigenvalue weighted by molar-refractivity contribution is 8.00. The monoisotopic (exact) mass is 353 g/mol. The van der Waals surface area contributed by atoms with Crippen LogP contribution in [0.2, 0.25) is 5.02 Å². The number of halogens is 1. The minimum Gasteiger partial charge on any atom is -0.323 e. The lowest BCUT2D eigenvalue weighted by Gasteiger charge is -2.13. The predicted octanol–water partition coefficient (Wildman–Crippen LogP) is 2.93. The van der Waals surface area contributed by atoms with Crippen molar-refractivity contribution >= 4 is 51.6 Å². The third kappa shape index (κ3) is 3.43. The summed E-state index contributed by atoms with van der Waals surface area (Å²) in [6.07, 6.45) is 0. The van der Waals surface area contributed by atoms with E-state index in [2.05, 4.69) is 10.3 Å². The van der Waals surface area contributed by atoms with Gasteiger partial charge in [0.25, 0.3) is 0 Å². The first-order valence-corrected chi connectivity index (χ1v) is 8.90. The summed E-state index contributed by atoms with van der Waals surface area (Å²) in [5.41, 5.74) is 1.55. The third-order valence-corrected chi connectivity index (χ3v) is 5.09. The van der Waals surface area contributed by atoms with E-state index in [0.29, 0.717) is 21.8 Å². The van der Waals surface area contributed by atoms with Crippen LogP contribution in [-0.2, 0) is 9.59 Å². The SMILES string of the molecule is O=C(CN1CSCC1=O)Nc1nc(-c2ccccc2Cl)cs1. The molecule has 0 saturated carbocycles. The second kappa shape index (κ2) is 6.68. The number of amides is 2. The number of carbonyl (C=O) groups excluding carboxylic acids is 2. The maximum Gasteiger partial charge on any atom is 0.245 e. The number of rotatable bonds is 4. The van der Waals surface area contributed by atoms with E-state index in [1.54, 1.807) is 6.07 Å². The number of hydrogen-bond donors (Lipinski definition) is 1. The third-order valence-electron chi connectivity index (χ3n) is 3.06. The molecule has 0 atom stereocenters. The van der Waals surface area contributed by atoms with Gasteiger partial charge in [0, 0.05) is 16.0 Å². The Balaban J connectivity index is 1.65. The molecule has 5 nitrogen and oxygen atoms in total. The van der Waals surface area contributed by atoms with Gasteiger partial charge in [0.15, 0.2) is 5.13 Å². The van der Waals surface area contributed by atoms with Crippen molar-refractivity contribution in [3.63, 3.8) is 0 Å². The first kappa shape index (κ1) is 15.3. The van der Waals surface area contributed by atoms with Crippen LogP contribution in [0.1, 0.15) is 0 Å². The number of nitrogens with one attached hydrogen (secondary N) is 1. The molecule has 1 aromatic carbocycles. The molecule has 2 heterocycles. The van der Waals surface area contributed by atoms with Crippen molar-refractivity contribution in [2.75, 3.05) is 23.5 Å². The van der Waals surface area contributed by atoms with Crippen LogP contribution in [0, 0.1) is 0 Å². The fourth-order valence-corrected chi connectivity index (χ4v) is 3.86. The molecule has 0 radical (unpaired) electrons. The molecule has 1 saturated heterocycles. The van der Waals surface area contributed by atoms with Crippen molar-refractivity contribution in [3.8, 4) is 11.3 Å². The minimum atomic E-state index is -0.240. The fraction of sp³-hybridized carbons (Fsp3) is 0.214. The van der Waals surface area contributed by atoms with Crippen LogP contribution in [-0.4, -0.2) is 39.9 Å². The van der Waals surface area contributed by atoms with E-state index in [-0.39, 0.29) is 18.4 Å². The van der Waals surface area contributed by atoms with Crippen molar-refractivity contribution in [2.45, 2.75) is 0 Å². The maximum atomic E-state index is 12.0. The van der Waals surface area contributed by atoms with E-state index in [9.17, 15) is 9.59 Å². The molecule has 0 aliphatic carbocycles. The zero-order valence-electron chi connectivity index (χ0n) is 11.4. The summed E-state index contributed by atoms with van der Waals surface area (Å²) in [7, 11) is 0.